The Hall–Kier alpha value is -4.12. The Morgan fingerprint density at radius 2 is 1.13 bits per heavy atom. The fourth-order valence-corrected chi connectivity index (χ4v) is 4.40. The summed E-state index contributed by atoms with van der Waals surface area (Å²) in [6.07, 6.45) is 2.95. The predicted octanol–water partition coefficient (Wildman–Crippen LogP) is 6.97. The van der Waals surface area contributed by atoms with Gasteiger partial charge in [-0.3, -0.25) is 0 Å². The Balaban J connectivity index is 1.83. The van der Waals surface area contributed by atoms with Crippen LogP contribution in [0.3, 0.4) is 0 Å². The molecular weight excluding hydrogens is 472 g/mol. The summed E-state index contributed by atoms with van der Waals surface area (Å²) >= 11 is 0. The van der Waals surface area contributed by atoms with E-state index in [9.17, 15) is 10.2 Å². The quantitative estimate of drug-likeness (QED) is 0.204. The van der Waals surface area contributed by atoms with Gasteiger partial charge in [0.2, 0.25) is 0 Å². The molecule has 0 heterocycles. The van der Waals surface area contributed by atoms with Gasteiger partial charge in [-0.15, -0.1) is 0 Å². The Bertz CT molecular complexity index is 1250. The number of aliphatic hydroxyl groups is 2. The van der Waals surface area contributed by atoms with Crippen molar-refractivity contribution in [3.63, 3.8) is 0 Å². The van der Waals surface area contributed by atoms with Crippen molar-refractivity contribution < 1.29 is 19.7 Å². The van der Waals surface area contributed by atoms with Gasteiger partial charge in [-0.2, -0.15) is 0 Å². The molecule has 0 bridgehead atoms. The molecule has 0 radical (unpaired) electrons. The summed E-state index contributed by atoms with van der Waals surface area (Å²) in [6.45, 7) is 2.58. The molecule has 0 aliphatic rings. The van der Waals surface area contributed by atoms with Crippen LogP contribution in [0, 0.1) is 0 Å². The summed E-state index contributed by atoms with van der Waals surface area (Å²) in [5, 5.41) is 21.2. The molecule has 4 aromatic rings. The molecule has 0 amide bonds. The third-order valence-electron chi connectivity index (χ3n) is 6.22. The maximum Gasteiger partial charge on any atom is 0.127 e. The topological polar surface area (TPSA) is 58.9 Å². The molecule has 4 heteroatoms. The molecule has 0 saturated carbocycles. The maximum atomic E-state index is 11.2. The molecule has 0 aliphatic heterocycles. The van der Waals surface area contributed by atoms with Crippen LogP contribution in [0.2, 0.25) is 0 Å². The zero-order valence-electron chi connectivity index (χ0n) is 21.7. The van der Waals surface area contributed by atoms with E-state index in [0.29, 0.717) is 36.7 Å². The van der Waals surface area contributed by atoms with Crippen molar-refractivity contribution in [2.45, 2.75) is 32.7 Å². The molecule has 0 spiro atoms. The van der Waals surface area contributed by atoms with Crippen LogP contribution in [0.15, 0.2) is 127 Å². The van der Waals surface area contributed by atoms with Crippen LogP contribution in [0.4, 0.5) is 0 Å². The van der Waals surface area contributed by atoms with Gasteiger partial charge >= 0.3 is 0 Å². The Morgan fingerprint density at radius 1 is 0.684 bits per heavy atom. The fourth-order valence-electron chi connectivity index (χ4n) is 4.40. The monoisotopic (exact) mass is 506 g/mol. The molecular formula is C34H34O4. The van der Waals surface area contributed by atoms with Crippen molar-refractivity contribution in [2.75, 3.05) is 6.61 Å². The molecule has 4 rings (SSSR count). The number of benzene rings is 4. The van der Waals surface area contributed by atoms with E-state index in [2.05, 4.69) is 0 Å². The number of aliphatic hydroxyl groups excluding tert-OH is 2. The van der Waals surface area contributed by atoms with Crippen molar-refractivity contribution in [2.24, 2.45) is 0 Å². The van der Waals surface area contributed by atoms with Crippen LogP contribution in [-0.4, -0.2) is 22.9 Å². The molecule has 0 aliphatic carbocycles. The third kappa shape index (κ3) is 7.00. The highest BCUT2D eigenvalue weighted by Gasteiger charge is 2.22. The number of ether oxygens (including phenoxy) is 2. The van der Waals surface area contributed by atoms with E-state index in [0.717, 1.165) is 27.8 Å². The Morgan fingerprint density at radius 3 is 1.58 bits per heavy atom. The normalized spacial score (nSPS) is 11.8. The molecule has 2 N–H and O–H groups in total. The second kappa shape index (κ2) is 14.0. The maximum absolute atomic E-state index is 11.2. The predicted molar refractivity (Wildman–Crippen MR) is 153 cm³/mol. The van der Waals surface area contributed by atoms with Gasteiger partial charge in [0, 0.05) is 17.7 Å². The number of rotatable bonds is 12. The van der Waals surface area contributed by atoms with Crippen molar-refractivity contribution in [3.05, 3.63) is 149 Å². The van der Waals surface area contributed by atoms with Gasteiger partial charge in [-0.05, 0) is 47.8 Å². The molecule has 1 atom stereocenters. The lowest BCUT2D eigenvalue weighted by Gasteiger charge is -2.23. The van der Waals surface area contributed by atoms with E-state index >= 15 is 0 Å². The third-order valence-corrected chi connectivity index (χ3v) is 6.22. The van der Waals surface area contributed by atoms with E-state index < -0.39 is 6.10 Å². The van der Waals surface area contributed by atoms with Crippen LogP contribution in [0.25, 0.3) is 5.57 Å². The molecule has 0 saturated heterocycles. The summed E-state index contributed by atoms with van der Waals surface area (Å²) in [5.41, 5.74) is 5.25. The van der Waals surface area contributed by atoms with Gasteiger partial charge in [0.25, 0.3) is 0 Å². The minimum absolute atomic E-state index is 0.104. The zero-order chi connectivity index (χ0) is 26.6. The lowest BCUT2D eigenvalue weighted by molar-refractivity contribution is 0.238. The summed E-state index contributed by atoms with van der Waals surface area (Å²) in [7, 11) is 0. The van der Waals surface area contributed by atoms with E-state index in [1.807, 2.05) is 122 Å². The average molecular weight is 507 g/mol. The van der Waals surface area contributed by atoms with Crippen molar-refractivity contribution >= 4 is 5.57 Å². The number of hydrogen-bond donors (Lipinski definition) is 2. The van der Waals surface area contributed by atoms with Gasteiger partial charge < -0.3 is 19.7 Å². The first kappa shape index (κ1) is 26.9. The standard InChI is InChI=1S/C34H34O4/c1-2-13-31(36)28(22-23-35)34(29-18-9-11-20-32(29)37-24-26-14-5-3-6-15-26)30-19-10-12-21-33(30)38-25-27-16-7-4-8-17-27/h2-21,31,35-36H,22-25H2,1H3. The first-order valence-corrected chi connectivity index (χ1v) is 12.9. The van der Waals surface area contributed by atoms with Crippen LogP contribution in [0.5, 0.6) is 11.5 Å². The van der Waals surface area contributed by atoms with Gasteiger partial charge in [0.05, 0.1) is 6.10 Å². The van der Waals surface area contributed by atoms with E-state index in [-0.39, 0.29) is 6.61 Å². The van der Waals surface area contributed by atoms with Gasteiger partial charge in [-0.1, -0.05) is 109 Å². The molecule has 38 heavy (non-hydrogen) atoms. The average Bonchev–Trinajstić information content (AvgIpc) is 2.97. The summed E-state index contributed by atoms with van der Waals surface area (Å²) in [6, 6.07) is 35.7. The molecule has 1 unspecified atom stereocenters. The fraction of sp³-hybridized carbons (Fsp3) is 0.176. The first-order chi connectivity index (χ1) is 18.7. The zero-order valence-corrected chi connectivity index (χ0v) is 21.7. The second-order valence-corrected chi connectivity index (χ2v) is 8.89. The highest BCUT2D eigenvalue weighted by atomic mass is 16.5. The minimum Gasteiger partial charge on any atom is -0.488 e. The van der Waals surface area contributed by atoms with Crippen molar-refractivity contribution in [3.8, 4) is 11.5 Å². The molecule has 4 nitrogen and oxygen atoms in total. The van der Waals surface area contributed by atoms with E-state index in [4.69, 9.17) is 9.47 Å². The SMILES string of the molecule is CC=CC(O)C(CCO)=C(c1ccccc1OCc1ccccc1)c1ccccc1OCc1ccccc1. The van der Waals surface area contributed by atoms with E-state index in [1.54, 1.807) is 6.08 Å². The second-order valence-electron chi connectivity index (χ2n) is 8.89. The molecule has 194 valence electrons. The number of para-hydroxylation sites is 2. The molecule has 0 fully saturated rings. The summed E-state index contributed by atoms with van der Waals surface area (Å²) in [5.74, 6) is 1.37. The Kier molecular flexibility index (Phi) is 9.91. The first-order valence-electron chi connectivity index (χ1n) is 12.9. The molecule has 0 aromatic heterocycles. The lowest BCUT2D eigenvalue weighted by Crippen LogP contribution is -2.13. The molecule has 4 aromatic carbocycles. The Labute approximate surface area is 225 Å². The highest BCUT2D eigenvalue weighted by molar-refractivity contribution is 5.88. The number of hydrogen-bond acceptors (Lipinski definition) is 4. The van der Waals surface area contributed by atoms with Gasteiger partial charge in [0.1, 0.15) is 24.7 Å². The van der Waals surface area contributed by atoms with Crippen LogP contribution in [-0.2, 0) is 13.2 Å². The van der Waals surface area contributed by atoms with Gasteiger partial charge in [-0.25, -0.2) is 0 Å². The van der Waals surface area contributed by atoms with Gasteiger partial charge in [0.15, 0.2) is 0 Å². The minimum atomic E-state index is -0.883. The smallest absolute Gasteiger partial charge is 0.127 e. The van der Waals surface area contributed by atoms with Crippen LogP contribution >= 0.6 is 0 Å². The highest BCUT2D eigenvalue weighted by Crippen LogP contribution is 2.40. The van der Waals surface area contributed by atoms with Crippen LogP contribution in [0.1, 0.15) is 35.6 Å². The largest absolute Gasteiger partial charge is 0.488 e. The van der Waals surface area contributed by atoms with Crippen molar-refractivity contribution in [1.82, 2.24) is 0 Å². The summed E-state index contributed by atoms with van der Waals surface area (Å²) in [4.78, 5) is 0. The number of allylic oxidation sites excluding steroid dienone is 1. The van der Waals surface area contributed by atoms with Crippen molar-refractivity contribution in [1.29, 1.82) is 0 Å². The van der Waals surface area contributed by atoms with Crippen LogP contribution < -0.4 is 9.47 Å². The van der Waals surface area contributed by atoms with E-state index in [1.165, 1.54) is 0 Å². The lowest BCUT2D eigenvalue weighted by atomic mass is 9.87. The summed E-state index contributed by atoms with van der Waals surface area (Å²) < 4.78 is 12.7.